The van der Waals surface area contributed by atoms with Gasteiger partial charge < -0.3 is 25.7 Å². The molecule has 0 aromatic carbocycles. The summed E-state index contributed by atoms with van der Waals surface area (Å²) in [5.74, 6) is -1.15. The van der Waals surface area contributed by atoms with E-state index in [9.17, 15) is 19.8 Å². The number of hydrogen-bond acceptors (Lipinski definition) is 7. The van der Waals surface area contributed by atoms with Gasteiger partial charge in [-0.1, -0.05) is 45.1 Å². The van der Waals surface area contributed by atoms with Crippen molar-refractivity contribution in [3.63, 3.8) is 0 Å². The lowest BCUT2D eigenvalue weighted by atomic mass is 9.89. The predicted molar refractivity (Wildman–Crippen MR) is 155 cm³/mol. The van der Waals surface area contributed by atoms with E-state index in [0.717, 1.165) is 22.7 Å². The maximum atomic E-state index is 13.3. The van der Waals surface area contributed by atoms with Gasteiger partial charge in [0.2, 0.25) is 5.91 Å². The van der Waals surface area contributed by atoms with E-state index < -0.39 is 24.0 Å². The quantitative estimate of drug-likeness (QED) is 0.225. The average Bonchev–Trinajstić information content (AvgIpc) is 3.41. The largest absolute Gasteiger partial charge is 0.383 e. The van der Waals surface area contributed by atoms with Gasteiger partial charge in [-0.3, -0.25) is 9.59 Å². The van der Waals surface area contributed by atoms with E-state index in [2.05, 4.69) is 43.0 Å². The average molecular weight is 547 g/mol. The molecule has 2 amide bonds. The molecule has 4 atom stereocenters. The van der Waals surface area contributed by atoms with Gasteiger partial charge in [0.05, 0.1) is 6.04 Å². The van der Waals surface area contributed by atoms with E-state index in [1.165, 1.54) is 11.3 Å². The minimum atomic E-state index is -1.52. The summed E-state index contributed by atoms with van der Waals surface area (Å²) < 4.78 is 0. The van der Waals surface area contributed by atoms with Crippen LogP contribution in [0.4, 0.5) is 0 Å². The minimum absolute atomic E-state index is 0.178. The fourth-order valence-corrected chi connectivity index (χ4v) is 4.40. The van der Waals surface area contributed by atoms with E-state index in [4.69, 9.17) is 0 Å². The Bertz CT molecular complexity index is 985. The number of nitrogens with one attached hydrogen (secondary N) is 2. The van der Waals surface area contributed by atoms with Crippen LogP contribution in [0.25, 0.3) is 0 Å². The lowest BCUT2D eigenvalue weighted by Gasteiger charge is -2.36. The Balaban J connectivity index is 2.80. The zero-order chi connectivity index (χ0) is 28.9. The maximum Gasteiger partial charge on any atom is 0.252 e. The molecule has 1 aromatic heterocycles. The molecule has 0 aliphatic heterocycles. The van der Waals surface area contributed by atoms with E-state index in [1.54, 1.807) is 17.2 Å². The number of nitrogens with zero attached hydrogens (tertiary/aromatic N) is 2. The van der Waals surface area contributed by atoms with E-state index >= 15 is 0 Å². The molecule has 0 saturated carbocycles. The molecular weight excluding hydrogens is 500 g/mol. The first-order valence-electron chi connectivity index (χ1n) is 13.1. The highest BCUT2D eigenvalue weighted by Gasteiger charge is 2.34. The Labute approximate surface area is 232 Å². The van der Waals surface area contributed by atoms with Crippen LogP contribution in [-0.2, 0) is 9.59 Å². The molecule has 0 aliphatic rings. The number of amides is 2. The molecule has 1 unspecified atom stereocenters. The van der Waals surface area contributed by atoms with Crippen LogP contribution in [0.5, 0.6) is 0 Å². The van der Waals surface area contributed by atoms with Crippen molar-refractivity contribution in [1.29, 1.82) is 0 Å². The normalized spacial score (nSPS) is 16.0. The summed E-state index contributed by atoms with van der Waals surface area (Å²) in [5.41, 5.74) is 1.69. The number of rotatable bonds is 16. The standard InChI is InChI=1S/C29H46N4O4S/c1-9-14-30-23(10-2)13-12-20(4)17-21(5)32-26(36)24(34)18-25(35)28(37)33(19-29(7,8)11-3)22(6)27-31-15-16-38-27/h9-10,12-16,21-22,24-25,30,34-35H,2,11,17-19H2,1,3-8H3,(H,32,36)/b14-9-,20-12+,23-13+/t21-,22?,24-,25-/m1/s1. The first-order chi connectivity index (χ1) is 17.8. The SMILES string of the molecule is C=C/C(=C\C=C(/C)C[C@@H](C)NC(=O)[C@H](O)C[C@@H](O)C(=O)N(CC(C)(C)CC)C(C)c1nccs1)N/C=C\C. The number of allylic oxidation sites excluding steroid dienone is 4. The number of aromatic nitrogens is 1. The highest BCUT2D eigenvalue weighted by molar-refractivity contribution is 7.09. The second kappa shape index (κ2) is 16.3. The van der Waals surface area contributed by atoms with E-state index in [0.29, 0.717) is 13.0 Å². The third-order valence-electron chi connectivity index (χ3n) is 6.35. The molecule has 1 rings (SSSR count). The second-order valence-electron chi connectivity index (χ2n) is 10.4. The molecule has 0 bridgehead atoms. The molecule has 0 aliphatic carbocycles. The third-order valence-corrected chi connectivity index (χ3v) is 7.30. The fraction of sp³-hybridized carbons (Fsp3) is 0.552. The van der Waals surface area contributed by atoms with Gasteiger partial charge in [0.15, 0.2) is 0 Å². The van der Waals surface area contributed by atoms with Crippen LogP contribution in [0.3, 0.4) is 0 Å². The molecule has 0 radical (unpaired) electrons. The van der Waals surface area contributed by atoms with Crippen LogP contribution in [0.2, 0.25) is 0 Å². The minimum Gasteiger partial charge on any atom is -0.383 e. The highest BCUT2D eigenvalue weighted by Crippen LogP contribution is 2.29. The summed E-state index contributed by atoms with van der Waals surface area (Å²) in [4.78, 5) is 31.9. The monoisotopic (exact) mass is 546 g/mol. The first kappa shape index (κ1) is 33.3. The van der Waals surface area contributed by atoms with E-state index in [-0.39, 0.29) is 23.9 Å². The van der Waals surface area contributed by atoms with Crippen LogP contribution in [0.15, 0.2) is 59.9 Å². The first-order valence-corrected chi connectivity index (χ1v) is 14.0. The Morgan fingerprint density at radius 1 is 1.24 bits per heavy atom. The van der Waals surface area contributed by atoms with Gasteiger partial charge in [-0.05, 0) is 64.3 Å². The van der Waals surface area contributed by atoms with Gasteiger partial charge >= 0.3 is 0 Å². The van der Waals surface area contributed by atoms with Crippen molar-refractivity contribution < 1.29 is 19.8 Å². The Kier molecular flexibility index (Phi) is 14.2. The molecule has 4 N–H and O–H groups in total. The van der Waals surface area contributed by atoms with Crippen LogP contribution < -0.4 is 10.6 Å². The molecule has 38 heavy (non-hydrogen) atoms. The Hall–Kier alpha value is -2.75. The molecule has 9 heteroatoms. The molecule has 1 heterocycles. The van der Waals surface area contributed by atoms with Gasteiger partial charge in [-0.25, -0.2) is 4.98 Å². The van der Waals surface area contributed by atoms with Crippen LogP contribution in [-0.4, -0.2) is 56.7 Å². The van der Waals surface area contributed by atoms with E-state index in [1.807, 2.05) is 57.5 Å². The fourth-order valence-electron chi connectivity index (χ4n) is 3.69. The van der Waals surface area contributed by atoms with Crippen molar-refractivity contribution in [3.05, 3.63) is 64.9 Å². The summed E-state index contributed by atoms with van der Waals surface area (Å²) >= 11 is 1.44. The molecular formula is C29H46N4O4S. The number of hydrogen-bond donors (Lipinski definition) is 4. The van der Waals surface area contributed by atoms with Gasteiger partial charge in [0, 0.05) is 36.3 Å². The van der Waals surface area contributed by atoms with Crippen LogP contribution >= 0.6 is 11.3 Å². The Morgan fingerprint density at radius 2 is 1.92 bits per heavy atom. The second-order valence-corrected chi connectivity index (χ2v) is 11.3. The summed E-state index contributed by atoms with van der Waals surface area (Å²) in [7, 11) is 0. The summed E-state index contributed by atoms with van der Waals surface area (Å²) in [5, 5.41) is 29.7. The number of carbonyl (C=O) groups is 2. The van der Waals surface area contributed by atoms with Crippen LogP contribution in [0.1, 0.15) is 78.8 Å². The zero-order valence-corrected chi connectivity index (χ0v) is 24.7. The molecule has 8 nitrogen and oxygen atoms in total. The van der Waals surface area contributed by atoms with Crippen LogP contribution in [0, 0.1) is 5.41 Å². The predicted octanol–water partition coefficient (Wildman–Crippen LogP) is 4.62. The number of thiazole rings is 1. The maximum absolute atomic E-state index is 13.3. The van der Waals surface area contributed by atoms with Crippen molar-refractivity contribution in [1.82, 2.24) is 20.5 Å². The van der Waals surface area contributed by atoms with Crippen molar-refractivity contribution in [2.75, 3.05) is 6.54 Å². The summed E-state index contributed by atoms with van der Waals surface area (Å²) in [6.07, 6.45) is 8.89. The lowest BCUT2D eigenvalue weighted by molar-refractivity contribution is -0.147. The van der Waals surface area contributed by atoms with Crippen molar-refractivity contribution in [2.45, 2.75) is 92.0 Å². The Morgan fingerprint density at radius 3 is 2.47 bits per heavy atom. The smallest absolute Gasteiger partial charge is 0.252 e. The number of aliphatic hydroxyl groups is 2. The van der Waals surface area contributed by atoms with Crippen molar-refractivity contribution >= 4 is 23.2 Å². The topological polar surface area (TPSA) is 115 Å². The molecule has 0 fully saturated rings. The molecule has 212 valence electrons. The molecule has 0 spiro atoms. The molecule has 1 aromatic rings. The summed E-state index contributed by atoms with van der Waals surface area (Å²) in [6, 6.07) is -0.593. The van der Waals surface area contributed by atoms with Gasteiger partial charge in [-0.2, -0.15) is 0 Å². The number of aliphatic hydroxyl groups excluding tert-OH is 2. The van der Waals surface area contributed by atoms with Gasteiger partial charge in [-0.15, -0.1) is 11.3 Å². The van der Waals surface area contributed by atoms with Gasteiger partial charge in [0.25, 0.3) is 5.91 Å². The highest BCUT2D eigenvalue weighted by atomic mass is 32.1. The number of carbonyl (C=O) groups excluding carboxylic acids is 2. The van der Waals surface area contributed by atoms with Crippen molar-refractivity contribution in [2.24, 2.45) is 5.41 Å². The van der Waals surface area contributed by atoms with Gasteiger partial charge in [0.1, 0.15) is 17.2 Å². The van der Waals surface area contributed by atoms with Crippen molar-refractivity contribution in [3.8, 4) is 0 Å². The lowest BCUT2D eigenvalue weighted by Crippen LogP contribution is -2.48. The third kappa shape index (κ3) is 11.3. The molecule has 0 saturated heterocycles. The zero-order valence-electron chi connectivity index (χ0n) is 23.9. The summed E-state index contributed by atoms with van der Waals surface area (Å²) in [6.45, 7) is 17.9.